The van der Waals surface area contributed by atoms with E-state index < -0.39 is 0 Å². The van der Waals surface area contributed by atoms with Gasteiger partial charge in [-0.25, -0.2) is 0 Å². The maximum atomic E-state index is 6.15. The predicted octanol–water partition coefficient (Wildman–Crippen LogP) is 4.20. The van der Waals surface area contributed by atoms with E-state index in [9.17, 15) is 0 Å². The van der Waals surface area contributed by atoms with Crippen molar-refractivity contribution in [2.24, 2.45) is 5.73 Å². The standard InChI is InChI=1S/C18H32N2/c1-6-8-11-20(16(5)7-2)18(13-19)17-12-14(3)9-10-15(17)4/h9-10,12,16,18H,6-8,11,13,19H2,1-5H3. The zero-order valence-electron chi connectivity index (χ0n) is 13.9. The summed E-state index contributed by atoms with van der Waals surface area (Å²) in [7, 11) is 0. The third-order valence-electron chi connectivity index (χ3n) is 4.34. The first kappa shape index (κ1) is 17.2. The normalized spacial score (nSPS) is 14.6. The lowest BCUT2D eigenvalue weighted by molar-refractivity contribution is 0.140. The van der Waals surface area contributed by atoms with Crippen molar-refractivity contribution < 1.29 is 0 Å². The number of rotatable bonds is 8. The van der Waals surface area contributed by atoms with Crippen LogP contribution in [0, 0.1) is 13.8 Å². The Morgan fingerprint density at radius 1 is 1.20 bits per heavy atom. The summed E-state index contributed by atoms with van der Waals surface area (Å²) in [6.07, 6.45) is 3.65. The molecule has 2 atom stereocenters. The van der Waals surface area contributed by atoms with Crippen molar-refractivity contribution in [1.29, 1.82) is 0 Å². The predicted molar refractivity (Wildman–Crippen MR) is 89.1 cm³/mol. The number of hydrogen-bond donors (Lipinski definition) is 1. The zero-order valence-corrected chi connectivity index (χ0v) is 13.9. The van der Waals surface area contributed by atoms with E-state index >= 15 is 0 Å². The number of unbranched alkanes of at least 4 members (excludes halogenated alkanes) is 1. The number of nitrogens with two attached hydrogens (primary N) is 1. The van der Waals surface area contributed by atoms with Crippen LogP contribution in [0.15, 0.2) is 18.2 Å². The Bertz CT molecular complexity index is 400. The Balaban J connectivity index is 3.07. The zero-order chi connectivity index (χ0) is 15.1. The van der Waals surface area contributed by atoms with Crippen LogP contribution in [0.4, 0.5) is 0 Å². The van der Waals surface area contributed by atoms with Crippen LogP contribution >= 0.6 is 0 Å². The lowest BCUT2D eigenvalue weighted by Gasteiger charge is -2.37. The second-order valence-electron chi connectivity index (χ2n) is 5.96. The van der Waals surface area contributed by atoms with Gasteiger partial charge >= 0.3 is 0 Å². The maximum absolute atomic E-state index is 6.15. The minimum Gasteiger partial charge on any atom is -0.329 e. The molecule has 0 aromatic heterocycles. The summed E-state index contributed by atoms with van der Waals surface area (Å²) in [6, 6.07) is 7.65. The Morgan fingerprint density at radius 3 is 2.45 bits per heavy atom. The molecule has 0 saturated heterocycles. The number of nitrogens with zero attached hydrogens (tertiary/aromatic N) is 1. The molecule has 114 valence electrons. The fourth-order valence-electron chi connectivity index (χ4n) is 2.82. The summed E-state index contributed by atoms with van der Waals surface area (Å²) in [5, 5.41) is 0. The first-order valence-corrected chi connectivity index (χ1v) is 8.08. The third kappa shape index (κ3) is 4.32. The van der Waals surface area contributed by atoms with E-state index in [1.807, 2.05) is 0 Å². The van der Waals surface area contributed by atoms with Crippen LogP contribution in [-0.2, 0) is 0 Å². The van der Waals surface area contributed by atoms with Gasteiger partial charge in [0.05, 0.1) is 0 Å². The molecule has 0 aliphatic rings. The van der Waals surface area contributed by atoms with E-state index in [4.69, 9.17) is 5.73 Å². The summed E-state index contributed by atoms with van der Waals surface area (Å²) in [4.78, 5) is 2.60. The summed E-state index contributed by atoms with van der Waals surface area (Å²) in [6.45, 7) is 13.0. The molecule has 0 aliphatic heterocycles. The van der Waals surface area contributed by atoms with E-state index in [1.165, 1.54) is 36.0 Å². The van der Waals surface area contributed by atoms with Crippen molar-refractivity contribution in [2.75, 3.05) is 13.1 Å². The third-order valence-corrected chi connectivity index (χ3v) is 4.34. The highest BCUT2D eigenvalue weighted by Crippen LogP contribution is 2.27. The largest absolute Gasteiger partial charge is 0.329 e. The fraction of sp³-hybridized carbons (Fsp3) is 0.667. The number of hydrogen-bond acceptors (Lipinski definition) is 2. The second-order valence-corrected chi connectivity index (χ2v) is 5.96. The highest BCUT2D eigenvalue weighted by atomic mass is 15.2. The average Bonchev–Trinajstić information content (AvgIpc) is 2.45. The van der Waals surface area contributed by atoms with Crippen LogP contribution in [0.3, 0.4) is 0 Å². The number of aryl methyl sites for hydroxylation is 2. The Labute approximate surface area is 125 Å². The Kier molecular flexibility index (Phi) is 7.25. The summed E-state index contributed by atoms with van der Waals surface area (Å²) in [5.41, 5.74) is 10.2. The van der Waals surface area contributed by atoms with E-state index in [0.717, 1.165) is 6.54 Å². The molecule has 1 aromatic carbocycles. The molecule has 2 heteroatoms. The molecule has 20 heavy (non-hydrogen) atoms. The Morgan fingerprint density at radius 2 is 1.90 bits per heavy atom. The van der Waals surface area contributed by atoms with Crippen molar-refractivity contribution in [3.05, 3.63) is 34.9 Å². The quantitative estimate of drug-likeness (QED) is 0.771. The van der Waals surface area contributed by atoms with Crippen molar-refractivity contribution in [3.8, 4) is 0 Å². The molecule has 1 rings (SSSR count). The molecule has 0 radical (unpaired) electrons. The van der Waals surface area contributed by atoms with E-state index in [0.29, 0.717) is 18.6 Å². The smallest absolute Gasteiger partial charge is 0.0475 e. The van der Waals surface area contributed by atoms with Gasteiger partial charge in [0.25, 0.3) is 0 Å². The summed E-state index contributed by atoms with van der Waals surface area (Å²) < 4.78 is 0. The van der Waals surface area contributed by atoms with Gasteiger partial charge in [0.1, 0.15) is 0 Å². The summed E-state index contributed by atoms with van der Waals surface area (Å²) >= 11 is 0. The fourth-order valence-corrected chi connectivity index (χ4v) is 2.82. The first-order chi connectivity index (χ1) is 9.54. The molecule has 0 heterocycles. The monoisotopic (exact) mass is 276 g/mol. The molecule has 0 amide bonds. The van der Waals surface area contributed by atoms with E-state index in [1.54, 1.807) is 0 Å². The molecule has 0 fully saturated rings. The molecule has 0 aliphatic carbocycles. The molecule has 2 nitrogen and oxygen atoms in total. The van der Waals surface area contributed by atoms with Crippen molar-refractivity contribution in [1.82, 2.24) is 4.90 Å². The van der Waals surface area contributed by atoms with Gasteiger partial charge in [-0.05, 0) is 51.3 Å². The first-order valence-electron chi connectivity index (χ1n) is 8.08. The van der Waals surface area contributed by atoms with Crippen LogP contribution in [0.2, 0.25) is 0 Å². The van der Waals surface area contributed by atoms with Gasteiger partial charge in [0.15, 0.2) is 0 Å². The van der Waals surface area contributed by atoms with Crippen LogP contribution in [-0.4, -0.2) is 24.0 Å². The highest BCUT2D eigenvalue weighted by Gasteiger charge is 2.23. The summed E-state index contributed by atoms with van der Waals surface area (Å²) in [5.74, 6) is 0. The lowest BCUT2D eigenvalue weighted by Crippen LogP contribution is -2.40. The van der Waals surface area contributed by atoms with Crippen molar-refractivity contribution >= 4 is 0 Å². The van der Waals surface area contributed by atoms with Crippen molar-refractivity contribution in [3.63, 3.8) is 0 Å². The minimum atomic E-state index is 0.344. The molecule has 0 bridgehead atoms. The van der Waals surface area contributed by atoms with Gasteiger partial charge in [-0.3, -0.25) is 4.90 Å². The lowest BCUT2D eigenvalue weighted by atomic mass is 9.96. The molecule has 1 aromatic rings. The van der Waals surface area contributed by atoms with Crippen LogP contribution in [0.5, 0.6) is 0 Å². The second kappa shape index (κ2) is 8.43. The molecule has 0 saturated carbocycles. The maximum Gasteiger partial charge on any atom is 0.0475 e. The average molecular weight is 276 g/mol. The van der Waals surface area contributed by atoms with Gasteiger partial charge in [-0.1, -0.05) is 44.0 Å². The number of benzene rings is 1. The molecule has 2 N–H and O–H groups in total. The van der Waals surface area contributed by atoms with Crippen LogP contribution in [0.25, 0.3) is 0 Å². The van der Waals surface area contributed by atoms with Gasteiger partial charge in [0, 0.05) is 18.6 Å². The minimum absolute atomic E-state index is 0.344. The van der Waals surface area contributed by atoms with Crippen LogP contribution < -0.4 is 5.73 Å². The molecule has 2 unspecified atom stereocenters. The van der Waals surface area contributed by atoms with Gasteiger partial charge in [-0.15, -0.1) is 0 Å². The van der Waals surface area contributed by atoms with Gasteiger partial charge in [0.2, 0.25) is 0 Å². The molecular formula is C18H32N2. The van der Waals surface area contributed by atoms with E-state index in [-0.39, 0.29) is 0 Å². The van der Waals surface area contributed by atoms with Crippen LogP contribution in [0.1, 0.15) is 62.8 Å². The van der Waals surface area contributed by atoms with Gasteiger partial charge < -0.3 is 5.73 Å². The molecule has 0 spiro atoms. The molecular weight excluding hydrogens is 244 g/mol. The van der Waals surface area contributed by atoms with Crippen molar-refractivity contribution in [2.45, 2.75) is 66.0 Å². The van der Waals surface area contributed by atoms with Gasteiger partial charge in [-0.2, -0.15) is 0 Å². The topological polar surface area (TPSA) is 29.3 Å². The Hall–Kier alpha value is -0.860. The highest BCUT2D eigenvalue weighted by molar-refractivity contribution is 5.33. The SMILES string of the molecule is CCCCN(C(C)CC)C(CN)c1cc(C)ccc1C. The van der Waals surface area contributed by atoms with E-state index in [2.05, 4.69) is 57.7 Å².